The lowest BCUT2D eigenvalue weighted by atomic mass is 10.0. The van der Waals surface area contributed by atoms with Gasteiger partial charge in [0.15, 0.2) is 0 Å². The van der Waals surface area contributed by atoms with Gasteiger partial charge in [0, 0.05) is 0 Å². The highest BCUT2D eigenvalue weighted by atomic mass is 79.9. The van der Waals surface area contributed by atoms with Crippen LogP contribution in [0.3, 0.4) is 0 Å². The minimum atomic E-state index is -0.901. The Bertz CT molecular complexity index is 333. The smallest absolute Gasteiger partial charge is 0.0782 e. The molecule has 30 heavy (non-hydrogen) atoms. The number of unbranched alkanes of at least 4 members (excludes halogenated alkanes) is 13. The van der Waals surface area contributed by atoms with Gasteiger partial charge in [-0.2, -0.15) is 0 Å². The van der Waals surface area contributed by atoms with Crippen molar-refractivity contribution in [2.75, 3.05) is 27.2 Å². The monoisotopic (exact) mass is 505 g/mol. The van der Waals surface area contributed by atoms with E-state index in [1.165, 1.54) is 132 Å². The molecule has 0 aliphatic rings. The molecule has 1 nitrogen and oxygen atoms in total. The topological polar surface area (TPSA) is 0 Å². The summed E-state index contributed by atoms with van der Waals surface area (Å²) in [5.74, 6) is 0. The second-order valence-electron chi connectivity index (χ2n) is 10.6. The van der Waals surface area contributed by atoms with Gasteiger partial charge < -0.3 is 21.5 Å². The predicted molar refractivity (Wildman–Crippen MR) is 139 cm³/mol. The predicted octanol–water partition coefficient (Wildman–Crippen LogP) is 6.45. The van der Waals surface area contributed by atoms with Crippen LogP contribution in [0.25, 0.3) is 0 Å². The quantitative estimate of drug-likeness (QED) is 0.0900. The lowest BCUT2D eigenvalue weighted by Crippen LogP contribution is -3.00. The number of nitrogens with zero attached hydrogens (tertiary/aromatic N) is 1. The molecule has 184 valence electrons. The van der Waals surface area contributed by atoms with E-state index in [1.807, 2.05) is 0 Å². The molecule has 0 aliphatic carbocycles. The van der Waals surface area contributed by atoms with Crippen LogP contribution in [0.5, 0.6) is 0 Å². The van der Waals surface area contributed by atoms with Gasteiger partial charge in [0.25, 0.3) is 0 Å². The van der Waals surface area contributed by atoms with Gasteiger partial charge in [0.05, 0.1) is 35.3 Å². The van der Waals surface area contributed by atoms with Gasteiger partial charge in [-0.15, -0.1) is 0 Å². The Morgan fingerprint density at radius 3 is 1.17 bits per heavy atom. The first-order valence-corrected chi connectivity index (χ1v) is 16.6. The summed E-state index contributed by atoms with van der Waals surface area (Å²) in [6, 6.07) is 6.04. The molecule has 0 heterocycles. The molecule has 3 heteroatoms. The highest BCUT2D eigenvalue weighted by Gasteiger charge is 2.27. The summed E-state index contributed by atoms with van der Waals surface area (Å²) in [7, 11) is 4.03. The normalized spacial score (nSPS) is 12.2. The second-order valence-corrected chi connectivity index (χ2v) is 16.3. The molecule has 0 radical (unpaired) electrons. The molecule has 0 unspecified atom stereocenters. The zero-order valence-electron chi connectivity index (χ0n) is 22.2. The average molecular weight is 507 g/mol. The summed E-state index contributed by atoms with van der Waals surface area (Å²) in [5.41, 5.74) is 0. The van der Waals surface area contributed by atoms with Crippen LogP contribution in [0.15, 0.2) is 0 Å². The van der Waals surface area contributed by atoms with Gasteiger partial charge in [0.1, 0.15) is 0 Å². The van der Waals surface area contributed by atoms with E-state index in [0.717, 1.165) is 0 Å². The molecular weight excluding hydrogens is 446 g/mol. The second kappa shape index (κ2) is 21.5. The number of rotatable bonds is 22. The van der Waals surface area contributed by atoms with E-state index in [2.05, 4.69) is 41.8 Å². The molecule has 0 aromatic carbocycles. The Balaban J connectivity index is 0. The van der Waals surface area contributed by atoms with Crippen molar-refractivity contribution in [1.82, 2.24) is 0 Å². The molecule has 0 saturated heterocycles. The first-order chi connectivity index (χ1) is 13.9. The number of quaternary nitrogens is 1. The molecule has 0 atom stereocenters. The number of halogens is 1. The Labute approximate surface area is 204 Å². The lowest BCUT2D eigenvalue weighted by Gasteiger charge is -2.33. The molecule has 0 aliphatic heterocycles. The Kier molecular flexibility index (Phi) is 23.5. The first-order valence-electron chi connectivity index (χ1n) is 13.8. The maximum atomic E-state index is 2.47. The molecule has 0 bridgehead atoms. The SMILES string of the molecule is CCCCCCCCCCCCCCCC[N+](C)(C)CCC[Si](CC)(CC)CC.[Br-]. The summed E-state index contributed by atoms with van der Waals surface area (Å²) in [5, 5.41) is 0. The molecule has 0 saturated carbocycles. The summed E-state index contributed by atoms with van der Waals surface area (Å²) in [6.07, 6.45) is 21.9. The van der Waals surface area contributed by atoms with Crippen molar-refractivity contribution in [3.8, 4) is 0 Å². The van der Waals surface area contributed by atoms with Crippen molar-refractivity contribution < 1.29 is 21.5 Å². The fourth-order valence-electron chi connectivity index (χ4n) is 5.01. The molecule has 0 aromatic rings. The van der Waals surface area contributed by atoms with Crippen LogP contribution >= 0.6 is 0 Å². The highest BCUT2D eigenvalue weighted by Crippen LogP contribution is 2.27. The van der Waals surface area contributed by atoms with Crippen molar-refractivity contribution >= 4 is 8.07 Å². The molecule has 0 amide bonds. The van der Waals surface area contributed by atoms with Crippen molar-refractivity contribution in [3.05, 3.63) is 0 Å². The Hall–Kier alpha value is 0.657. The van der Waals surface area contributed by atoms with Crippen LogP contribution in [-0.4, -0.2) is 39.7 Å². The van der Waals surface area contributed by atoms with E-state index in [-0.39, 0.29) is 17.0 Å². The standard InChI is InChI=1S/C27H60NSi.BrH/c1-7-11-12-13-14-15-16-17-18-19-20-21-22-23-25-28(5,6)26-24-27-29(8-2,9-3)10-4;/h7-27H2,1-6H3;1H/q+1;/p-1. The van der Waals surface area contributed by atoms with E-state index >= 15 is 0 Å². The molecule has 0 fully saturated rings. The number of hydrogen-bond donors (Lipinski definition) is 0. The average Bonchev–Trinajstić information content (AvgIpc) is 2.71. The van der Waals surface area contributed by atoms with Crippen LogP contribution in [0, 0.1) is 0 Å². The van der Waals surface area contributed by atoms with Gasteiger partial charge in [-0.25, -0.2) is 0 Å². The fourth-order valence-corrected chi connectivity index (χ4v) is 8.48. The van der Waals surface area contributed by atoms with Gasteiger partial charge in [-0.3, -0.25) is 0 Å². The van der Waals surface area contributed by atoms with Gasteiger partial charge in [-0.1, -0.05) is 129 Å². The maximum absolute atomic E-state index is 2.47. The van der Waals surface area contributed by atoms with E-state index in [9.17, 15) is 0 Å². The van der Waals surface area contributed by atoms with Crippen LogP contribution in [0.4, 0.5) is 0 Å². The minimum Gasteiger partial charge on any atom is -1.00 e. The first kappa shape index (κ1) is 32.8. The van der Waals surface area contributed by atoms with Crippen LogP contribution < -0.4 is 17.0 Å². The Morgan fingerprint density at radius 2 is 0.800 bits per heavy atom. The fraction of sp³-hybridized carbons (Fsp3) is 1.00. The highest BCUT2D eigenvalue weighted by molar-refractivity contribution is 6.79. The minimum absolute atomic E-state index is 0. The van der Waals surface area contributed by atoms with E-state index in [4.69, 9.17) is 0 Å². The zero-order valence-corrected chi connectivity index (χ0v) is 24.8. The summed E-state index contributed by atoms with van der Waals surface area (Å²) < 4.78 is 1.25. The van der Waals surface area contributed by atoms with E-state index in [0.29, 0.717) is 0 Å². The molecule has 0 spiro atoms. The summed E-state index contributed by atoms with van der Waals surface area (Å²) in [4.78, 5) is 0. The number of hydrogen-bond acceptors (Lipinski definition) is 0. The van der Waals surface area contributed by atoms with Gasteiger partial charge >= 0.3 is 0 Å². The maximum Gasteiger partial charge on any atom is 0.0782 e. The third-order valence-corrected chi connectivity index (χ3v) is 13.8. The lowest BCUT2D eigenvalue weighted by molar-refractivity contribution is -0.890. The summed E-state index contributed by atoms with van der Waals surface area (Å²) in [6.45, 7) is 12.4. The van der Waals surface area contributed by atoms with Crippen LogP contribution in [0.1, 0.15) is 124 Å². The van der Waals surface area contributed by atoms with Gasteiger partial charge in [0.2, 0.25) is 0 Å². The van der Waals surface area contributed by atoms with E-state index in [1.54, 1.807) is 6.04 Å². The van der Waals surface area contributed by atoms with Crippen molar-refractivity contribution in [2.45, 2.75) is 148 Å². The molecule has 0 aromatic heterocycles. The van der Waals surface area contributed by atoms with Crippen LogP contribution in [-0.2, 0) is 0 Å². The molecular formula is C27H60BrNSi. The molecule has 0 N–H and O–H groups in total. The summed E-state index contributed by atoms with van der Waals surface area (Å²) >= 11 is 0. The third-order valence-electron chi connectivity index (χ3n) is 7.84. The van der Waals surface area contributed by atoms with Gasteiger partial charge in [-0.05, 0) is 19.3 Å². The largest absolute Gasteiger partial charge is 1.00 e. The van der Waals surface area contributed by atoms with Crippen molar-refractivity contribution in [2.24, 2.45) is 0 Å². The molecule has 0 rings (SSSR count). The van der Waals surface area contributed by atoms with Crippen molar-refractivity contribution in [1.29, 1.82) is 0 Å². The third kappa shape index (κ3) is 18.2. The van der Waals surface area contributed by atoms with E-state index < -0.39 is 8.07 Å². The van der Waals surface area contributed by atoms with Crippen LogP contribution in [0.2, 0.25) is 24.2 Å². The zero-order chi connectivity index (χ0) is 21.8. The Morgan fingerprint density at radius 1 is 0.467 bits per heavy atom. The van der Waals surface area contributed by atoms with Crippen molar-refractivity contribution in [3.63, 3.8) is 0 Å².